The smallest absolute Gasteiger partial charge is 0.162 e. The second-order valence-electron chi connectivity index (χ2n) is 4.49. The molecule has 0 aliphatic heterocycles. The van der Waals surface area contributed by atoms with Gasteiger partial charge in [0.1, 0.15) is 11.6 Å². The molecule has 0 atom stereocenters. The van der Waals surface area contributed by atoms with E-state index in [-0.39, 0.29) is 5.75 Å². The molecule has 21 heavy (non-hydrogen) atoms. The van der Waals surface area contributed by atoms with Crippen LogP contribution in [0.3, 0.4) is 0 Å². The molecule has 0 aliphatic rings. The quantitative estimate of drug-likeness (QED) is 0.507. The number of aromatic nitrogens is 2. The molecule has 0 bridgehead atoms. The highest BCUT2D eigenvalue weighted by molar-refractivity contribution is 5.71. The Bertz CT molecular complexity index is 759. The molecule has 4 N–H and O–H groups in total. The number of para-hydroxylation sites is 1. The molecule has 0 spiro atoms. The Hall–Kier alpha value is -2.92. The van der Waals surface area contributed by atoms with Crippen LogP contribution in [-0.4, -0.2) is 15.1 Å². The predicted molar refractivity (Wildman–Crippen MR) is 82.4 cm³/mol. The lowest BCUT2D eigenvalue weighted by molar-refractivity contribution is 0.477. The minimum absolute atomic E-state index is 0.165. The van der Waals surface area contributed by atoms with E-state index < -0.39 is 0 Å². The first-order valence-corrected chi connectivity index (χ1v) is 6.47. The van der Waals surface area contributed by atoms with E-state index in [0.29, 0.717) is 22.9 Å². The number of benzene rings is 2. The number of phenolic OH excluding ortho intramolecular Hbond substituents is 1. The van der Waals surface area contributed by atoms with Crippen molar-refractivity contribution in [3.05, 3.63) is 60.7 Å². The van der Waals surface area contributed by atoms with Crippen molar-refractivity contribution in [2.24, 2.45) is 5.84 Å². The van der Waals surface area contributed by atoms with Crippen LogP contribution in [-0.2, 0) is 0 Å². The molecule has 5 heteroatoms. The minimum Gasteiger partial charge on any atom is -0.507 e. The Balaban J connectivity index is 2.17. The molecule has 0 saturated heterocycles. The summed E-state index contributed by atoms with van der Waals surface area (Å²) >= 11 is 0. The van der Waals surface area contributed by atoms with E-state index in [1.54, 1.807) is 24.3 Å². The molecule has 1 aromatic heterocycles. The number of rotatable bonds is 3. The highest BCUT2D eigenvalue weighted by Gasteiger charge is 2.10. The van der Waals surface area contributed by atoms with Gasteiger partial charge < -0.3 is 10.5 Å². The van der Waals surface area contributed by atoms with Crippen LogP contribution >= 0.6 is 0 Å². The van der Waals surface area contributed by atoms with Gasteiger partial charge >= 0.3 is 0 Å². The molecular weight excluding hydrogens is 264 g/mol. The third-order valence-electron chi connectivity index (χ3n) is 3.09. The van der Waals surface area contributed by atoms with Crippen LogP contribution in [0.25, 0.3) is 22.6 Å². The Labute approximate surface area is 122 Å². The zero-order valence-electron chi connectivity index (χ0n) is 11.2. The Morgan fingerprint density at radius 2 is 1.62 bits per heavy atom. The summed E-state index contributed by atoms with van der Waals surface area (Å²) in [7, 11) is 0. The van der Waals surface area contributed by atoms with Crippen LogP contribution in [0.2, 0.25) is 0 Å². The van der Waals surface area contributed by atoms with Crippen molar-refractivity contribution < 1.29 is 5.11 Å². The standard InChI is InChI=1S/C16H14N4O/c17-20-15-10-13(12-8-4-5-9-14(12)21)18-16(19-15)11-6-2-1-3-7-11/h1-10,21H,17H2,(H,18,19,20). The van der Waals surface area contributed by atoms with E-state index in [9.17, 15) is 5.11 Å². The van der Waals surface area contributed by atoms with Crippen molar-refractivity contribution in [2.75, 3.05) is 5.43 Å². The van der Waals surface area contributed by atoms with E-state index in [1.165, 1.54) is 0 Å². The number of aromatic hydroxyl groups is 1. The number of hydrazine groups is 1. The molecule has 104 valence electrons. The van der Waals surface area contributed by atoms with E-state index in [1.807, 2.05) is 36.4 Å². The van der Waals surface area contributed by atoms with E-state index in [2.05, 4.69) is 15.4 Å². The molecule has 0 radical (unpaired) electrons. The second kappa shape index (κ2) is 5.60. The van der Waals surface area contributed by atoms with Gasteiger partial charge in [-0.3, -0.25) is 0 Å². The highest BCUT2D eigenvalue weighted by Crippen LogP contribution is 2.29. The maximum absolute atomic E-state index is 9.98. The Morgan fingerprint density at radius 1 is 0.905 bits per heavy atom. The number of phenols is 1. The summed E-state index contributed by atoms with van der Waals surface area (Å²) in [6.45, 7) is 0. The molecule has 0 fully saturated rings. The summed E-state index contributed by atoms with van der Waals surface area (Å²) in [5, 5.41) is 9.98. The lowest BCUT2D eigenvalue weighted by Gasteiger charge is -2.09. The first-order valence-electron chi connectivity index (χ1n) is 6.47. The van der Waals surface area contributed by atoms with Gasteiger partial charge in [-0.1, -0.05) is 42.5 Å². The van der Waals surface area contributed by atoms with Crippen LogP contribution in [0.5, 0.6) is 5.75 Å². The molecule has 3 rings (SSSR count). The fourth-order valence-electron chi connectivity index (χ4n) is 2.07. The number of hydrogen-bond acceptors (Lipinski definition) is 5. The number of nitrogens with zero attached hydrogens (tertiary/aromatic N) is 2. The third kappa shape index (κ3) is 2.68. The molecule has 0 unspecified atom stereocenters. The monoisotopic (exact) mass is 278 g/mol. The Kier molecular flexibility index (Phi) is 3.49. The van der Waals surface area contributed by atoms with Crippen LogP contribution in [0.1, 0.15) is 0 Å². The third-order valence-corrected chi connectivity index (χ3v) is 3.09. The predicted octanol–water partition coefficient (Wildman–Crippen LogP) is 2.80. The summed E-state index contributed by atoms with van der Waals surface area (Å²) in [5.74, 6) is 6.68. The normalized spacial score (nSPS) is 10.3. The lowest BCUT2D eigenvalue weighted by atomic mass is 10.1. The molecule has 2 aromatic carbocycles. The summed E-state index contributed by atoms with van der Waals surface area (Å²) in [6, 6.07) is 18.3. The van der Waals surface area contributed by atoms with Gasteiger partial charge in [-0.05, 0) is 12.1 Å². The number of nitrogen functional groups attached to an aromatic ring is 1. The molecular formula is C16H14N4O. The molecule has 0 aliphatic carbocycles. The fourth-order valence-corrected chi connectivity index (χ4v) is 2.07. The maximum atomic E-state index is 9.98. The van der Waals surface area contributed by atoms with Gasteiger partial charge in [0.05, 0.1) is 5.69 Å². The molecule has 5 nitrogen and oxygen atoms in total. The van der Waals surface area contributed by atoms with E-state index in [0.717, 1.165) is 5.56 Å². The van der Waals surface area contributed by atoms with Crippen molar-refractivity contribution in [3.63, 3.8) is 0 Å². The Morgan fingerprint density at radius 3 is 2.33 bits per heavy atom. The van der Waals surface area contributed by atoms with Crippen molar-refractivity contribution >= 4 is 5.82 Å². The minimum atomic E-state index is 0.165. The van der Waals surface area contributed by atoms with Crippen LogP contribution in [0.4, 0.5) is 5.82 Å². The van der Waals surface area contributed by atoms with Gasteiger partial charge in [-0.2, -0.15) is 0 Å². The van der Waals surface area contributed by atoms with E-state index in [4.69, 9.17) is 5.84 Å². The SMILES string of the molecule is NNc1cc(-c2ccccc2O)nc(-c2ccccc2)n1. The molecule has 1 heterocycles. The summed E-state index contributed by atoms with van der Waals surface area (Å²) in [6.07, 6.45) is 0. The lowest BCUT2D eigenvalue weighted by Crippen LogP contribution is -2.10. The van der Waals surface area contributed by atoms with Crippen molar-refractivity contribution in [3.8, 4) is 28.4 Å². The molecule has 0 saturated carbocycles. The highest BCUT2D eigenvalue weighted by atomic mass is 16.3. The summed E-state index contributed by atoms with van der Waals surface area (Å²) < 4.78 is 0. The maximum Gasteiger partial charge on any atom is 0.162 e. The number of hydrogen-bond donors (Lipinski definition) is 3. The number of nitrogens with two attached hydrogens (primary N) is 1. The first kappa shape index (κ1) is 13.1. The zero-order chi connectivity index (χ0) is 14.7. The number of nitrogens with one attached hydrogen (secondary N) is 1. The topological polar surface area (TPSA) is 84.1 Å². The largest absolute Gasteiger partial charge is 0.507 e. The average molecular weight is 278 g/mol. The van der Waals surface area contributed by atoms with Gasteiger partial charge in [-0.25, -0.2) is 15.8 Å². The molecule has 3 aromatic rings. The number of anilines is 1. The van der Waals surface area contributed by atoms with Gasteiger partial charge in [0, 0.05) is 17.2 Å². The van der Waals surface area contributed by atoms with E-state index >= 15 is 0 Å². The molecule has 0 amide bonds. The fraction of sp³-hybridized carbons (Fsp3) is 0. The van der Waals surface area contributed by atoms with Crippen LogP contribution in [0, 0.1) is 0 Å². The van der Waals surface area contributed by atoms with Crippen LogP contribution < -0.4 is 11.3 Å². The van der Waals surface area contributed by atoms with Gasteiger partial charge in [0.2, 0.25) is 0 Å². The van der Waals surface area contributed by atoms with Crippen LogP contribution in [0.15, 0.2) is 60.7 Å². The van der Waals surface area contributed by atoms with Crippen molar-refractivity contribution in [2.45, 2.75) is 0 Å². The van der Waals surface area contributed by atoms with Gasteiger partial charge in [0.15, 0.2) is 5.82 Å². The van der Waals surface area contributed by atoms with Gasteiger partial charge in [0.25, 0.3) is 0 Å². The first-order chi connectivity index (χ1) is 10.3. The second-order valence-corrected chi connectivity index (χ2v) is 4.49. The summed E-state index contributed by atoms with van der Waals surface area (Å²) in [5.41, 5.74) is 4.65. The van der Waals surface area contributed by atoms with Crippen molar-refractivity contribution in [1.29, 1.82) is 0 Å². The van der Waals surface area contributed by atoms with Crippen molar-refractivity contribution in [1.82, 2.24) is 9.97 Å². The summed E-state index contributed by atoms with van der Waals surface area (Å²) in [4.78, 5) is 8.86. The zero-order valence-corrected chi connectivity index (χ0v) is 11.2. The van der Waals surface area contributed by atoms with Gasteiger partial charge in [-0.15, -0.1) is 0 Å². The average Bonchev–Trinajstić information content (AvgIpc) is 2.55.